The summed E-state index contributed by atoms with van der Waals surface area (Å²) in [5.41, 5.74) is -1.29. The van der Waals surface area contributed by atoms with Crippen LogP contribution in [0.2, 0.25) is 0 Å². The lowest BCUT2D eigenvalue weighted by Gasteiger charge is -2.26. The van der Waals surface area contributed by atoms with Crippen LogP contribution < -0.4 is 5.32 Å². The number of carbonyl (C=O) groups excluding carboxylic acids is 2. The molecule has 0 aliphatic carbocycles. The van der Waals surface area contributed by atoms with Gasteiger partial charge in [-0.1, -0.05) is 22.9 Å². The number of rotatable bonds is 4. The first kappa shape index (κ1) is 15.6. The van der Waals surface area contributed by atoms with Gasteiger partial charge in [0.25, 0.3) is 5.91 Å². The molecule has 1 aromatic rings. The number of nitrogens with one attached hydrogen (secondary N) is 1. The van der Waals surface area contributed by atoms with Crippen LogP contribution in [-0.2, 0) is 9.53 Å². The molecule has 0 unspecified atom stereocenters. The molecule has 1 aromatic carbocycles. The van der Waals surface area contributed by atoms with Crippen LogP contribution in [0.4, 0.5) is 4.39 Å². The van der Waals surface area contributed by atoms with Crippen molar-refractivity contribution in [2.24, 2.45) is 0 Å². The van der Waals surface area contributed by atoms with E-state index in [9.17, 15) is 14.0 Å². The van der Waals surface area contributed by atoms with Crippen molar-refractivity contribution in [3.8, 4) is 0 Å². The molecule has 0 aliphatic heterocycles. The van der Waals surface area contributed by atoms with Crippen molar-refractivity contribution in [3.63, 3.8) is 0 Å². The van der Waals surface area contributed by atoms with Gasteiger partial charge in [-0.15, -0.1) is 0 Å². The molecule has 0 radical (unpaired) electrons. The van der Waals surface area contributed by atoms with Crippen LogP contribution in [0.25, 0.3) is 0 Å². The van der Waals surface area contributed by atoms with Gasteiger partial charge in [-0.2, -0.15) is 0 Å². The number of methoxy groups -OCH3 is 1. The number of amides is 1. The number of carbonyl (C=O) groups is 2. The first-order chi connectivity index (χ1) is 8.84. The zero-order valence-electron chi connectivity index (χ0n) is 10.9. The molecule has 0 saturated heterocycles. The van der Waals surface area contributed by atoms with Crippen molar-refractivity contribution in [1.29, 1.82) is 0 Å². The van der Waals surface area contributed by atoms with Gasteiger partial charge in [-0.3, -0.25) is 4.79 Å². The molecule has 1 N–H and O–H groups in total. The second-order valence-corrected chi connectivity index (χ2v) is 5.17. The second-order valence-electron chi connectivity index (χ2n) is 4.26. The average molecular weight is 332 g/mol. The summed E-state index contributed by atoms with van der Waals surface area (Å²) in [5, 5.41) is 2.50. The van der Waals surface area contributed by atoms with Crippen molar-refractivity contribution in [2.45, 2.75) is 25.8 Å². The third-order valence-corrected chi connectivity index (χ3v) is 3.40. The van der Waals surface area contributed by atoms with E-state index in [4.69, 9.17) is 0 Å². The number of halogens is 2. The number of esters is 1. The predicted octanol–water partition coefficient (Wildman–Crippen LogP) is 2.66. The molecule has 0 aromatic heterocycles. The molecule has 0 fully saturated rings. The minimum Gasteiger partial charge on any atom is -0.467 e. The normalized spacial score (nSPS) is 13.5. The molecule has 0 spiro atoms. The molecule has 0 heterocycles. The highest BCUT2D eigenvalue weighted by Gasteiger charge is 2.34. The van der Waals surface area contributed by atoms with Crippen LogP contribution in [0.1, 0.15) is 30.6 Å². The lowest BCUT2D eigenvalue weighted by molar-refractivity contribution is -0.147. The van der Waals surface area contributed by atoms with E-state index >= 15 is 0 Å². The van der Waals surface area contributed by atoms with Gasteiger partial charge in [0.1, 0.15) is 11.4 Å². The first-order valence-electron chi connectivity index (χ1n) is 5.70. The zero-order valence-corrected chi connectivity index (χ0v) is 12.5. The fourth-order valence-corrected chi connectivity index (χ4v) is 1.83. The number of hydrogen-bond donors (Lipinski definition) is 1. The first-order valence-corrected chi connectivity index (χ1v) is 6.49. The van der Waals surface area contributed by atoms with Crippen molar-refractivity contribution in [3.05, 3.63) is 34.1 Å². The highest BCUT2D eigenvalue weighted by atomic mass is 79.9. The van der Waals surface area contributed by atoms with E-state index in [1.54, 1.807) is 13.0 Å². The topological polar surface area (TPSA) is 55.4 Å². The van der Waals surface area contributed by atoms with E-state index in [0.29, 0.717) is 10.9 Å². The van der Waals surface area contributed by atoms with Gasteiger partial charge in [0.2, 0.25) is 0 Å². The van der Waals surface area contributed by atoms with E-state index < -0.39 is 23.2 Å². The summed E-state index contributed by atoms with van der Waals surface area (Å²) in [6.07, 6.45) is 0.337. The predicted molar refractivity (Wildman–Crippen MR) is 72.3 cm³/mol. The zero-order chi connectivity index (χ0) is 14.6. The van der Waals surface area contributed by atoms with Gasteiger partial charge >= 0.3 is 5.97 Å². The van der Waals surface area contributed by atoms with Gasteiger partial charge in [0.15, 0.2) is 0 Å². The van der Waals surface area contributed by atoms with E-state index in [2.05, 4.69) is 26.0 Å². The highest BCUT2D eigenvalue weighted by Crippen LogP contribution is 2.17. The largest absolute Gasteiger partial charge is 0.467 e. The fourth-order valence-electron chi connectivity index (χ4n) is 1.50. The van der Waals surface area contributed by atoms with Crippen molar-refractivity contribution in [1.82, 2.24) is 5.32 Å². The number of ether oxygens (including phenoxy) is 1. The maximum absolute atomic E-state index is 13.7. The van der Waals surface area contributed by atoms with Gasteiger partial charge in [-0.25, -0.2) is 9.18 Å². The highest BCUT2D eigenvalue weighted by molar-refractivity contribution is 9.10. The lowest BCUT2D eigenvalue weighted by atomic mass is 9.98. The molecular formula is C13H15BrFNO3. The van der Waals surface area contributed by atoms with Crippen LogP contribution in [-0.4, -0.2) is 24.5 Å². The monoisotopic (exact) mass is 331 g/mol. The molecule has 104 valence electrons. The Morgan fingerprint density at radius 1 is 1.47 bits per heavy atom. The van der Waals surface area contributed by atoms with E-state index in [-0.39, 0.29) is 5.56 Å². The van der Waals surface area contributed by atoms with E-state index in [1.807, 2.05) is 0 Å². The smallest absolute Gasteiger partial charge is 0.331 e. The summed E-state index contributed by atoms with van der Waals surface area (Å²) in [5.74, 6) is -1.88. The van der Waals surface area contributed by atoms with E-state index in [0.717, 1.165) is 0 Å². The minimum atomic E-state index is -1.18. The van der Waals surface area contributed by atoms with Crippen molar-refractivity contribution < 1.29 is 18.7 Å². The van der Waals surface area contributed by atoms with Gasteiger partial charge in [-0.05, 0) is 31.5 Å². The summed E-state index contributed by atoms with van der Waals surface area (Å²) in [7, 11) is 1.24. The maximum Gasteiger partial charge on any atom is 0.331 e. The molecule has 1 rings (SSSR count). The molecule has 0 bridgehead atoms. The minimum absolute atomic E-state index is 0.119. The molecule has 4 nitrogen and oxygen atoms in total. The summed E-state index contributed by atoms with van der Waals surface area (Å²) in [6, 6.07) is 4.10. The molecule has 1 atom stereocenters. The lowest BCUT2D eigenvalue weighted by Crippen LogP contribution is -2.52. The Bertz CT molecular complexity index is 507. The second kappa shape index (κ2) is 6.14. The Balaban J connectivity index is 2.98. The Morgan fingerprint density at radius 2 is 2.11 bits per heavy atom. The Hall–Kier alpha value is -1.43. The summed E-state index contributed by atoms with van der Waals surface area (Å²) >= 11 is 3.11. The van der Waals surface area contributed by atoms with Crippen LogP contribution in [0.3, 0.4) is 0 Å². The molecule has 1 amide bonds. The van der Waals surface area contributed by atoms with Crippen LogP contribution in [0, 0.1) is 5.82 Å². The number of hydrogen-bond acceptors (Lipinski definition) is 3. The van der Waals surface area contributed by atoms with Crippen LogP contribution >= 0.6 is 15.9 Å². The van der Waals surface area contributed by atoms with Crippen molar-refractivity contribution in [2.75, 3.05) is 7.11 Å². The molecule has 19 heavy (non-hydrogen) atoms. The quantitative estimate of drug-likeness (QED) is 0.863. The Kier molecular flexibility index (Phi) is 5.05. The SMILES string of the molecule is CC[C@](C)(NC(=O)c1ccc(Br)cc1F)C(=O)OC. The third kappa shape index (κ3) is 3.53. The average Bonchev–Trinajstić information content (AvgIpc) is 2.37. The molecule has 6 heteroatoms. The fraction of sp³-hybridized carbons (Fsp3) is 0.385. The third-order valence-electron chi connectivity index (χ3n) is 2.91. The Labute approximate surface area is 119 Å². The molecule has 0 aliphatic rings. The molecular weight excluding hydrogens is 317 g/mol. The van der Waals surface area contributed by atoms with Crippen LogP contribution in [0.15, 0.2) is 22.7 Å². The Morgan fingerprint density at radius 3 is 2.58 bits per heavy atom. The van der Waals surface area contributed by atoms with Crippen LogP contribution in [0.5, 0.6) is 0 Å². The maximum atomic E-state index is 13.7. The molecule has 0 saturated carbocycles. The van der Waals surface area contributed by atoms with Gasteiger partial charge in [0, 0.05) is 4.47 Å². The van der Waals surface area contributed by atoms with Gasteiger partial charge in [0.05, 0.1) is 12.7 Å². The van der Waals surface area contributed by atoms with E-state index in [1.165, 1.54) is 26.2 Å². The number of benzene rings is 1. The summed E-state index contributed by atoms with van der Waals surface area (Å²) < 4.78 is 18.8. The van der Waals surface area contributed by atoms with Gasteiger partial charge < -0.3 is 10.1 Å². The summed E-state index contributed by atoms with van der Waals surface area (Å²) in [6.45, 7) is 3.27. The summed E-state index contributed by atoms with van der Waals surface area (Å²) in [4.78, 5) is 23.6. The standard InChI is InChI=1S/C13H15BrFNO3/c1-4-13(2,12(18)19-3)16-11(17)9-6-5-8(14)7-10(9)15/h5-7H,4H2,1-3H3,(H,16,17)/t13-/m0/s1. The van der Waals surface area contributed by atoms with Crippen molar-refractivity contribution >= 4 is 27.8 Å².